The van der Waals surface area contributed by atoms with Gasteiger partial charge in [0, 0.05) is 21.9 Å². The maximum absolute atomic E-state index is 12.9. The Bertz CT molecular complexity index is 738. The molecule has 0 atom stereocenters. The summed E-state index contributed by atoms with van der Waals surface area (Å²) >= 11 is 3.32. The molecule has 120 valence electrons. The predicted molar refractivity (Wildman–Crippen MR) is 83.9 cm³/mol. The number of fused-ring (bicyclic) bond motifs is 1. The lowest BCUT2D eigenvalue weighted by Gasteiger charge is -2.08. The lowest BCUT2D eigenvalue weighted by atomic mass is 10.2. The second-order valence-electron chi connectivity index (χ2n) is 4.74. The molecule has 0 unspecified atom stereocenters. The molecule has 1 aliphatic rings. The van der Waals surface area contributed by atoms with E-state index in [2.05, 4.69) is 36.0 Å². The van der Waals surface area contributed by atoms with Crippen molar-refractivity contribution in [2.45, 2.75) is 6.29 Å². The number of hydrogen-bond acceptors (Lipinski definition) is 4. The van der Waals surface area contributed by atoms with Crippen LogP contribution in [0, 0.1) is 0 Å². The third-order valence-electron chi connectivity index (χ3n) is 2.98. The van der Waals surface area contributed by atoms with Gasteiger partial charge in [0.15, 0.2) is 11.5 Å². The summed E-state index contributed by atoms with van der Waals surface area (Å²) in [6, 6.07) is 11.4. The molecule has 0 aromatic heterocycles. The van der Waals surface area contributed by atoms with Crippen molar-refractivity contribution in [1.82, 2.24) is 0 Å². The number of nitrogens with one attached hydrogen (secondary N) is 2. The number of rotatable bonds is 4. The average Bonchev–Trinajstić information content (AvgIpc) is 2.80. The largest absolute Gasteiger partial charge is 0.586 e. The zero-order valence-electron chi connectivity index (χ0n) is 11.6. The van der Waals surface area contributed by atoms with Crippen LogP contribution in [0.4, 0.5) is 20.2 Å². The molecule has 3 rings (SSSR count). The fourth-order valence-electron chi connectivity index (χ4n) is 1.98. The number of hydrogen-bond donors (Lipinski definition) is 2. The van der Waals surface area contributed by atoms with E-state index in [0.29, 0.717) is 5.69 Å². The number of halogens is 3. The quantitative estimate of drug-likeness (QED) is 0.840. The maximum Gasteiger partial charge on any atom is 0.586 e. The van der Waals surface area contributed by atoms with E-state index in [4.69, 9.17) is 0 Å². The predicted octanol–water partition coefficient (Wildman–Crippen LogP) is 3.82. The highest BCUT2D eigenvalue weighted by atomic mass is 79.9. The monoisotopic (exact) mass is 384 g/mol. The molecule has 23 heavy (non-hydrogen) atoms. The topological polar surface area (TPSA) is 59.6 Å². The van der Waals surface area contributed by atoms with Crippen LogP contribution in [0.2, 0.25) is 0 Å². The van der Waals surface area contributed by atoms with Gasteiger partial charge in [-0.3, -0.25) is 4.79 Å². The third kappa shape index (κ3) is 3.89. The van der Waals surface area contributed by atoms with Gasteiger partial charge in [0.25, 0.3) is 0 Å². The van der Waals surface area contributed by atoms with E-state index >= 15 is 0 Å². The maximum atomic E-state index is 12.9. The summed E-state index contributed by atoms with van der Waals surface area (Å²) < 4.78 is 35.4. The number of amides is 1. The van der Waals surface area contributed by atoms with Gasteiger partial charge in [-0.2, -0.15) is 0 Å². The molecule has 1 amide bonds. The molecule has 5 nitrogen and oxygen atoms in total. The van der Waals surface area contributed by atoms with Crippen molar-refractivity contribution in [1.29, 1.82) is 0 Å². The zero-order valence-corrected chi connectivity index (χ0v) is 13.2. The molecular formula is C15H11BrF2N2O3. The summed E-state index contributed by atoms with van der Waals surface area (Å²) in [4.78, 5) is 11.9. The van der Waals surface area contributed by atoms with Crippen molar-refractivity contribution < 1.29 is 23.0 Å². The molecule has 0 radical (unpaired) electrons. The Morgan fingerprint density at radius 3 is 2.43 bits per heavy atom. The van der Waals surface area contributed by atoms with Gasteiger partial charge in [0.05, 0.1) is 6.54 Å². The first-order valence-electron chi connectivity index (χ1n) is 6.60. The Hall–Kier alpha value is -2.35. The fraction of sp³-hybridized carbons (Fsp3) is 0.133. The number of alkyl halides is 2. The first-order valence-corrected chi connectivity index (χ1v) is 7.40. The van der Waals surface area contributed by atoms with E-state index in [9.17, 15) is 13.6 Å². The van der Waals surface area contributed by atoms with Crippen LogP contribution in [0.25, 0.3) is 0 Å². The molecule has 0 saturated carbocycles. The van der Waals surface area contributed by atoms with Crippen LogP contribution in [0.1, 0.15) is 0 Å². The third-order valence-corrected chi connectivity index (χ3v) is 3.51. The van der Waals surface area contributed by atoms with Gasteiger partial charge < -0.3 is 20.1 Å². The molecule has 2 N–H and O–H groups in total. The minimum absolute atomic E-state index is 0.0340. The molecule has 0 aliphatic carbocycles. The van der Waals surface area contributed by atoms with E-state index in [1.54, 1.807) is 0 Å². The molecule has 2 aromatic rings. The van der Waals surface area contributed by atoms with Crippen LogP contribution < -0.4 is 20.1 Å². The molecule has 0 fully saturated rings. The van der Waals surface area contributed by atoms with Crippen molar-refractivity contribution in [3.63, 3.8) is 0 Å². The second-order valence-corrected chi connectivity index (χ2v) is 5.65. The Labute approximate surface area is 138 Å². The van der Waals surface area contributed by atoms with E-state index in [-0.39, 0.29) is 24.0 Å². The van der Waals surface area contributed by atoms with Crippen molar-refractivity contribution >= 4 is 33.2 Å². The highest BCUT2D eigenvalue weighted by molar-refractivity contribution is 9.10. The number of ether oxygens (including phenoxy) is 2. The standard InChI is InChI=1S/C15H11BrF2N2O3/c16-9-1-3-10(4-2-9)19-8-14(21)20-11-5-6-12-13(7-11)23-15(17,18)22-12/h1-7,19H,8H2,(H,20,21). The summed E-state index contributed by atoms with van der Waals surface area (Å²) in [5.74, 6) is -0.506. The van der Waals surface area contributed by atoms with Gasteiger partial charge in [-0.25, -0.2) is 0 Å². The van der Waals surface area contributed by atoms with Crippen molar-refractivity contribution in [2.75, 3.05) is 17.2 Å². The lowest BCUT2D eigenvalue weighted by Crippen LogP contribution is -2.25. The lowest BCUT2D eigenvalue weighted by molar-refractivity contribution is -0.286. The van der Waals surface area contributed by atoms with Crippen molar-refractivity contribution in [2.24, 2.45) is 0 Å². The van der Waals surface area contributed by atoms with Crippen molar-refractivity contribution in [3.8, 4) is 11.5 Å². The van der Waals surface area contributed by atoms with Crippen LogP contribution in [-0.2, 0) is 4.79 Å². The number of carbonyl (C=O) groups is 1. The molecule has 1 heterocycles. The normalized spacial score (nSPS) is 14.4. The molecule has 8 heteroatoms. The Morgan fingerprint density at radius 1 is 1.04 bits per heavy atom. The molecule has 1 aliphatic heterocycles. The highest BCUT2D eigenvalue weighted by Gasteiger charge is 2.43. The molecular weight excluding hydrogens is 374 g/mol. The zero-order chi connectivity index (χ0) is 16.4. The summed E-state index contributed by atoms with van der Waals surface area (Å²) in [5.41, 5.74) is 1.13. The first-order chi connectivity index (χ1) is 10.9. The van der Waals surface area contributed by atoms with E-state index < -0.39 is 6.29 Å². The van der Waals surface area contributed by atoms with Crippen LogP contribution >= 0.6 is 15.9 Å². The Kier molecular flexibility index (Phi) is 4.08. The number of anilines is 2. The minimum Gasteiger partial charge on any atom is -0.395 e. The minimum atomic E-state index is -3.67. The van der Waals surface area contributed by atoms with Gasteiger partial charge in [-0.15, -0.1) is 8.78 Å². The Balaban J connectivity index is 1.57. The summed E-state index contributed by atoms with van der Waals surface area (Å²) in [6.07, 6.45) is -3.67. The van der Waals surface area contributed by atoms with E-state index in [0.717, 1.165) is 10.2 Å². The molecule has 2 aromatic carbocycles. The van der Waals surface area contributed by atoms with Gasteiger partial charge in [-0.1, -0.05) is 15.9 Å². The van der Waals surface area contributed by atoms with Gasteiger partial charge >= 0.3 is 6.29 Å². The fourth-order valence-corrected chi connectivity index (χ4v) is 2.25. The highest BCUT2D eigenvalue weighted by Crippen LogP contribution is 2.42. The Morgan fingerprint density at radius 2 is 1.70 bits per heavy atom. The smallest absolute Gasteiger partial charge is 0.395 e. The summed E-state index contributed by atoms with van der Waals surface area (Å²) in [7, 11) is 0. The number of carbonyl (C=O) groups excluding carboxylic acids is 1. The van der Waals surface area contributed by atoms with Crippen LogP contribution in [0.5, 0.6) is 11.5 Å². The van der Waals surface area contributed by atoms with Gasteiger partial charge in [0.1, 0.15) is 0 Å². The summed E-state index contributed by atoms with van der Waals surface area (Å²) in [6.45, 7) is 0.0340. The second kappa shape index (κ2) is 6.04. The van der Waals surface area contributed by atoms with Crippen LogP contribution in [0.3, 0.4) is 0 Å². The molecule has 0 spiro atoms. The molecule has 0 bridgehead atoms. The number of benzene rings is 2. The summed E-state index contributed by atoms with van der Waals surface area (Å²) in [5, 5.41) is 5.54. The van der Waals surface area contributed by atoms with Crippen molar-refractivity contribution in [3.05, 3.63) is 46.9 Å². The van der Waals surface area contributed by atoms with E-state index in [1.165, 1.54) is 18.2 Å². The van der Waals surface area contributed by atoms with Crippen LogP contribution in [-0.4, -0.2) is 18.7 Å². The first kappa shape index (κ1) is 15.5. The van der Waals surface area contributed by atoms with E-state index in [1.807, 2.05) is 24.3 Å². The average molecular weight is 385 g/mol. The SMILES string of the molecule is O=C(CNc1ccc(Br)cc1)Nc1ccc2c(c1)OC(F)(F)O2. The molecule has 0 saturated heterocycles. The van der Waals surface area contributed by atoms with Crippen LogP contribution in [0.15, 0.2) is 46.9 Å². The van der Waals surface area contributed by atoms with Gasteiger partial charge in [-0.05, 0) is 36.4 Å². The van der Waals surface area contributed by atoms with Gasteiger partial charge in [0.2, 0.25) is 5.91 Å².